The highest BCUT2D eigenvalue weighted by molar-refractivity contribution is 5.76. The number of carbonyl (C=O) groups excluding carboxylic acids is 2. The molecular weight excluding hydrogens is 455 g/mol. The minimum atomic E-state index is -1.36. The predicted octanol–water partition coefficient (Wildman–Crippen LogP) is 1.27. The van der Waals surface area contributed by atoms with Gasteiger partial charge in [-0.15, -0.1) is 15.3 Å². The Bertz CT molecular complexity index is 1050. The Kier molecular flexibility index (Phi) is 7.39. The first kappa shape index (κ1) is 25.1. The molecule has 0 radical (unpaired) electrons. The van der Waals surface area contributed by atoms with Gasteiger partial charge in [0.1, 0.15) is 17.6 Å². The molecule has 4 rings (SSSR count). The Hall–Kier alpha value is -3.02. The van der Waals surface area contributed by atoms with Gasteiger partial charge in [-0.05, 0) is 46.4 Å². The van der Waals surface area contributed by atoms with Crippen molar-refractivity contribution in [3.63, 3.8) is 0 Å². The summed E-state index contributed by atoms with van der Waals surface area (Å²) in [4.78, 5) is 30.6. The van der Waals surface area contributed by atoms with E-state index in [0.717, 1.165) is 32.0 Å². The van der Waals surface area contributed by atoms with E-state index in [2.05, 4.69) is 32.4 Å². The Balaban J connectivity index is 1.30. The number of piperazine rings is 1. The van der Waals surface area contributed by atoms with Crippen molar-refractivity contribution in [2.45, 2.75) is 57.8 Å². The van der Waals surface area contributed by atoms with Crippen molar-refractivity contribution >= 4 is 23.5 Å². The normalized spacial score (nSPS) is 21.9. The van der Waals surface area contributed by atoms with E-state index in [1.54, 1.807) is 25.3 Å². The molecule has 2 aromatic rings. The molecule has 0 aliphatic carbocycles. The van der Waals surface area contributed by atoms with Gasteiger partial charge >= 0.3 is 6.09 Å². The molecule has 4 heterocycles. The molecule has 0 saturated carbocycles. The number of amides is 2. The van der Waals surface area contributed by atoms with Crippen LogP contribution in [0.1, 0.15) is 39.4 Å². The summed E-state index contributed by atoms with van der Waals surface area (Å²) in [5, 5.41) is 15.8. The number of nitrogens with zero attached hydrogens (tertiary/aromatic N) is 7. The average molecular weight is 491 g/mol. The molecule has 11 nitrogen and oxygen atoms in total. The molecule has 0 bridgehead atoms. The molecule has 0 spiro atoms. The number of carbonyl (C=O) groups is 2. The predicted molar refractivity (Wildman–Crippen MR) is 128 cm³/mol. The van der Waals surface area contributed by atoms with Gasteiger partial charge in [-0.1, -0.05) is 0 Å². The van der Waals surface area contributed by atoms with E-state index in [-0.39, 0.29) is 18.9 Å². The number of hydrogen-bond acceptors (Lipinski definition) is 8. The van der Waals surface area contributed by atoms with E-state index in [1.165, 1.54) is 4.90 Å². The van der Waals surface area contributed by atoms with Crippen molar-refractivity contribution in [1.29, 1.82) is 0 Å². The topological polar surface area (TPSA) is 108 Å². The van der Waals surface area contributed by atoms with E-state index in [9.17, 15) is 14.0 Å². The molecule has 2 amide bonds. The minimum Gasteiger partial charge on any atom is -0.444 e. The Labute approximate surface area is 204 Å². The first-order valence-electron chi connectivity index (χ1n) is 12.2. The van der Waals surface area contributed by atoms with E-state index in [0.29, 0.717) is 30.9 Å². The summed E-state index contributed by atoms with van der Waals surface area (Å²) in [5.41, 5.74) is -0.0171. The van der Waals surface area contributed by atoms with Crippen LogP contribution in [0.15, 0.2) is 12.1 Å². The lowest BCUT2D eigenvalue weighted by molar-refractivity contribution is -0.122. The maximum Gasteiger partial charge on any atom is 0.410 e. The van der Waals surface area contributed by atoms with Crippen molar-refractivity contribution in [2.75, 3.05) is 51.2 Å². The third kappa shape index (κ3) is 6.36. The van der Waals surface area contributed by atoms with E-state index < -0.39 is 23.9 Å². The molecule has 2 atom stereocenters. The Morgan fingerprint density at radius 3 is 2.57 bits per heavy atom. The highest BCUT2D eigenvalue weighted by atomic mass is 19.1. The van der Waals surface area contributed by atoms with Gasteiger partial charge in [-0.25, -0.2) is 9.18 Å². The van der Waals surface area contributed by atoms with Crippen molar-refractivity contribution in [1.82, 2.24) is 34.9 Å². The lowest BCUT2D eigenvalue weighted by Gasteiger charge is -2.35. The number of aryl methyl sites for hydroxylation is 1. The summed E-state index contributed by atoms with van der Waals surface area (Å²) in [6.45, 7) is 9.27. The molecule has 1 N–H and O–H groups in total. The number of rotatable bonds is 5. The van der Waals surface area contributed by atoms with Crippen LogP contribution in [-0.4, -0.2) is 106 Å². The highest BCUT2D eigenvalue weighted by Crippen LogP contribution is 2.19. The summed E-state index contributed by atoms with van der Waals surface area (Å²) in [6.07, 6.45) is -1.09. The van der Waals surface area contributed by atoms with Gasteiger partial charge in [0.2, 0.25) is 5.91 Å². The summed E-state index contributed by atoms with van der Waals surface area (Å²) in [5.74, 6) is 1.17. The number of likely N-dealkylation sites (N-methyl/N-ethyl adjacent to an activating group) is 1. The zero-order valence-corrected chi connectivity index (χ0v) is 20.9. The van der Waals surface area contributed by atoms with Crippen molar-refractivity contribution in [3.05, 3.63) is 18.0 Å². The van der Waals surface area contributed by atoms with Crippen LogP contribution < -0.4 is 10.2 Å². The number of alkyl halides is 1. The van der Waals surface area contributed by atoms with Crippen LogP contribution in [-0.2, 0) is 16.0 Å². The third-order valence-corrected chi connectivity index (χ3v) is 6.26. The molecule has 2 saturated heterocycles. The van der Waals surface area contributed by atoms with Gasteiger partial charge in [0, 0.05) is 45.6 Å². The van der Waals surface area contributed by atoms with Crippen LogP contribution >= 0.6 is 0 Å². The van der Waals surface area contributed by atoms with Crippen LogP contribution in [0.3, 0.4) is 0 Å². The van der Waals surface area contributed by atoms with Crippen LogP contribution in [0, 0.1) is 0 Å². The molecule has 192 valence electrons. The minimum absolute atomic E-state index is 0.104. The summed E-state index contributed by atoms with van der Waals surface area (Å²) in [7, 11) is 2.10. The zero-order valence-electron chi connectivity index (χ0n) is 20.9. The average Bonchev–Trinajstić information content (AvgIpc) is 3.20. The van der Waals surface area contributed by atoms with Gasteiger partial charge in [0.05, 0.1) is 12.6 Å². The molecular formula is C23H35FN8O3. The van der Waals surface area contributed by atoms with Crippen molar-refractivity contribution in [2.24, 2.45) is 0 Å². The monoisotopic (exact) mass is 490 g/mol. The Morgan fingerprint density at radius 2 is 1.89 bits per heavy atom. The highest BCUT2D eigenvalue weighted by Gasteiger charge is 2.34. The SMILES string of the molecule is CN1CCN(c2ccc3nnc(CCC(=O)N[C@@H]4CCN(C(=O)OC(C)(C)C)C[C@H]4F)n3n2)CC1. The van der Waals surface area contributed by atoms with Gasteiger partial charge < -0.3 is 24.8 Å². The Morgan fingerprint density at radius 1 is 1.14 bits per heavy atom. The van der Waals surface area contributed by atoms with Gasteiger partial charge in [0.25, 0.3) is 0 Å². The van der Waals surface area contributed by atoms with Crippen molar-refractivity contribution < 1.29 is 18.7 Å². The number of fused-ring (bicyclic) bond motifs is 1. The fourth-order valence-electron chi connectivity index (χ4n) is 4.25. The number of likely N-dealkylation sites (tertiary alicyclic amines) is 1. The molecule has 2 aromatic heterocycles. The summed E-state index contributed by atoms with van der Waals surface area (Å²) >= 11 is 0. The maximum atomic E-state index is 14.7. The van der Waals surface area contributed by atoms with E-state index in [1.807, 2.05) is 12.1 Å². The number of hydrogen-bond donors (Lipinski definition) is 1. The van der Waals surface area contributed by atoms with E-state index in [4.69, 9.17) is 9.84 Å². The number of nitrogens with one attached hydrogen (secondary N) is 1. The smallest absolute Gasteiger partial charge is 0.410 e. The van der Waals surface area contributed by atoms with Gasteiger partial charge in [0.15, 0.2) is 11.5 Å². The fourth-order valence-corrected chi connectivity index (χ4v) is 4.25. The molecule has 2 fully saturated rings. The lowest BCUT2D eigenvalue weighted by atomic mass is 10.0. The zero-order chi connectivity index (χ0) is 25.2. The fraction of sp³-hybridized carbons (Fsp3) is 0.696. The first-order chi connectivity index (χ1) is 16.6. The molecule has 0 unspecified atom stereocenters. The van der Waals surface area contributed by atoms with Crippen LogP contribution in [0.4, 0.5) is 15.0 Å². The number of ether oxygens (including phenoxy) is 1. The second-order valence-corrected chi connectivity index (χ2v) is 10.3. The van der Waals surface area contributed by atoms with Crippen molar-refractivity contribution in [3.8, 4) is 0 Å². The van der Waals surface area contributed by atoms with Crippen LogP contribution in [0.5, 0.6) is 0 Å². The largest absolute Gasteiger partial charge is 0.444 e. The third-order valence-electron chi connectivity index (χ3n) is 6.26. The van der Waals surface area contributed by atoms with E-state index >= 15 is 0 Å². The maximum absolute atomic E-state index is 14.7. The molecule has 0 aromatic carbocycles. The van der Waals surface area contributed by atoms with Crippen LogP contribution in [0.25, 0.3) is 5.65 Å². The first-order valence-corrected chi connectivity index (χ1v) is 12.2. The van der Waals surface area contributed by atoms with Crippen LogP contribution in [0.2, 0.25) is 0 Å². The van der Waals surface area contributed by atoms with Gasteiger partial charge in [-0.3, -0.25) is 4.79 Å². The number of anilines is 1. The molecule has 2 aliphatic heterocycles. The second-order valence-electron chi connectivity index (χ2n) is 10.3. The standard InChI is InChI=1S/C23H35FN8O3/c1-23(2,3)35-22(34)31-10-9-17(16(24)15-31)25-21(33)8-7-19-27-26-18-5-6-20(28-32(18)19)30-13-11-29(4)12-14-30/h5-6,16-17H,7-15H2,1-4H3,(H,25,33)/t16-,17-/m1/s1. The summed E-state index contributed by atoms with van der Waals surface area (Å²) in [6, 6.07) is 3.18. The lowest BCUT2D eigenvalue weighted by Crippen LogP contribution is -2.54. The second kappa shape index (κ2) is 10.3. The number of piperidine rings is 1. The quantitative estimate of drug-likeness (QED) is 0.668. The number of halogens is 1. The molecule has 35 heavy (non-hydrogen) atoms. The van der Waals surface area contributed by atoms with Gasteiger partial charge in [-0.2, -0.15) is 4.52 Å². The summed E-state index contributed by atoms with van der Waals surface area (Å²) < 4.78 is 21.7. The molecule has 12 heteroatoms. The molecule has 2 aliphatic rings. The number of aromatic nitrogens is 4.